The number of benzene rings is 1. The molecule has 2 heterocycles. The topological polar surface area (TPSA) is 168 Å². The van der Waals surface area contributed by atoms with Gasteiger partial charge in [-0.2, -0.15) is 22.1 Å². The zero-order chi connectivity index (χ0) is 29.2. The molecule has 0 fully saturated rings. The number of rotatable bonds is 10. The van der Waals surface area contributed by atoms with Crippen molar-refractivity contribution in [3.63, 3.8) is 0 Å². The van der Waals surface area contributed by atoms with Crippen molar-refractivity contribution in [1.82, 2.24) is 4.57 Å². The Morgan fingerprint density at radius 3 is 2.41 bits per heavy atom. The van der Waals surface area contributed by atoms with Crippen molar-refractivity contribution in [3.05, 3.63) is 63.6 Å². The largest absolute Gasteiger partial charge is 0.484 e. The number of nitriles is 1. The number of carbonyl (C=O) groups excluding carboxylic acids is 1. The first-order chi connectivity index (χ1) is 18.0. The van der Waals surface area contributed by atoms with Crippen molar-refractivity contribution in [2.75, 3.05) is 19.1 Å². The predicted octanol–water partition coefficient (Wildman–Crippen LogP) is 2.19. The van der Waals surface area contributed by atoms with Crippen LogP contribution < -0.4 is 10.3 Å². The number of aromatic nitrogens is 1. The number of carbonyl (C=O) groups is 1. The molecular formula is C25H30N2O10S2. The van der Waals surface area contributed by atoms with Gasteiger partial charge < -0.3 is 14.0 Å². The Balaban J connectivity index is 2.06. The minimum absolute atomic E-state index is 0.0424. The van der Waals surface area contributed by atoms with E-state index in [1.165, 1.54) is 29.8 Å². The van der Waals surface area contributed by atoms with E-state index >= 15 is 0 Å². The molecule has 2 aromatic rings. The van der Waals surface area contributed by atoms with E-state index in [4.69, 9.17) is 17.8 Å². The van der Waals surface area contributed by atoms with E-state index in [-0.39, 0.29) is 25.0 Å². The fraction of sp³-hybridized carbons (Fsp3) is 0.480. The van der Waals surface area contributed by atoms with Gasteiger partial charge in [-0.1, -0.05) is 0 Å². The molecule has 3 atom stereocenters. The minimum atomic E-state index is -3.94. The van der Waals surface area contributed by atoms with E-state index in [0.29, 0.717) is 16.9 Å². The summed E-state index contributed by atoms with van der Waals surface area (Å²) in [5.41, 5.74) is -0.614. The quantitative estimate of drug-likeness (QED) is 0.229. The first-order valence-corrected chi connectivity index (χ1v) is 15.5. The Kier molecular flexibility index (Phi) is 8.91. The smallest absolute Gasteiger partial charge is 0.303 e. The van der Waals surface area contributed by atoms with Crippen LogP contribution >= 0.6 is 0 Å². The standard InChI is InChI=1S/C25H30N2O10S2/c1-16(28)35-24-23(19-13-17(15-26)8-9-21(19)36-25(24,2)3)27-11-10-18(14-22(27)29)20(37-39(5,32)33)7-6-12-34-38(4,30)31/h8-11,13-14,20,23-24H,6-7,12H2,1-5H3. The second-order valence-electron chi connectivity index (χ2n) is 9.71. The van der Waals surface area contributed by atoms with Crippen LogP contribution in [0, 0.1) is 11.3 Å². The molecule has 14 heteroatoms. The highest BCUT2D eigenvalue weighted by molar-refractivity contribution is 7.86. The predicted molar refractivity (Wildman–Crippen MR) is 139 cm³/mol. The van der Waals surface area contributed by atoms with Crippen LogP contribution in [0.4, 0.5) is 0 Å². The molecule has 3 rings (SSSR count). The van der Waals surface area contributed by atoms with E-state index in [9.17, 15) is 31.7 Å². The fourth-order valence-electron chi connectivity index (χ4n) is 4.40. The third-order valence-corrected chi connectivity index (χ3v) is 7.11. The Morgan fingerprint density at radius 2 is 1.85 bits per heavy atom. The lowest BCUT2D eigenvalue weighted by atomic mass is 9.85. The lowest BCUT2D eigenvalue weighted by Crippen LogP contribution is -2.54. The summed E-state index contributed by atoms with van der Waals surface area (Å²) in [6.45, 7) is 4.46. The highest BCUT2D eigenvalue weighted by Gasteiger charge is 2.47. The summed E-state index contributed by atoms with van der Waals surface area (Å²) in [6, 6.07) is 8.62. The van der Waals surface area contributed by atoms with Gasteiger partial charge in [0.1, 0.15) is 23.5 Å². The number of nitrogens with zero attached hydrogens (tertiary/aromatic N) is 2. The average Bonchev–Trinajstić information content (AvgIpc) is 2.80. The maximum atomic E-state index is 13.5. The van der Waals surface area contributed by atoms with Crippen LogP contribution in [0.25, 0.3) is 0 Å². The van der Waals surface area contributed by atoms with Gasteiger partial charge in [-0.05, 0) is 56.5 Å². The van der Waals surface area contributed by atoms with Crippen molar-refractivity contribution in [2.24, 2.45) is 0 Å². The Hall–Kier alpha value is -3.25. The van der Waals surface area contributed by atoms with Gasteiger partial charge in [0, 0.05) is 24.8 Å². The number of ether oxygens (including phenoxy) is 2. The molecule has 0 spiro atoms. The highest BCUT2D eigenvalue weighted by Crippen LogP contribution is 2.43. The first-order valence-electron chi connectivity index (χ1n) is 11.9. The van der Waals surface area contributed by atoms with Gasteiger partial charge >= 0.3 is 5.97 Å². The molecule has 212 valence electrons. The summed E-state index contributed by atoms with van der Waals surface area (Å²) in [4.78, 5) is 25.5. The molecule has 1 aromatic heterocycles. The summed E-state index contributed by atoms with van der Waals surface area (Å²) in [6.07, 6.45) is 1.31. The summed E-state index contributed by atoms with van der Waals surface area (Å²) in [5, 5.41) is 9.44. The van der Waals surface area contributed by atoms with Crippen LogP contribution in [0.3, 0.4) is 0 Å². The second kappa shape index (κ2) is 11.5. The van der Waals surface area contributed by atoms with Gasteiger partial charge in [-0.3, -0.25) is 18.0 Å². The molecule has 1 aromatic carbocycles. The number of fused-ring (bicyclic) bond motifs is 1. The van der Waals surface area contributed by atoms with Gasteiger partial charge in [0.05, 0.1) is 30.8 Å². The molecule has 3 unspecified atom stereocenters. The molecule has 39 heavy (non-hydrogen) atoms. The number of hydrogen-bond acceptors (Lipinski definition) is 11. The third kappa shape index (κ3) is 7.89. The summed E-state index contributed by atoms with van der Waals surface area (Å²) >= 11 is 0. The third-order valence-electron chi connectivity index (χ3n) is 5.94. The molecule has 0 radical (unpaired) electrons. The van der Waals surface area contributed by atoms with Gasteiger partial charge in [0.15, 0.2) is 6.10 Å². The fourth-order valence-corrected chi connectivity index (χ4v) is 5.45. The molecule has 12 nitrogen and oxygen atoms in total. The van der Waals surface area contributed by atoms with Gasteiger partial charge in [-0.15, -0.1) is 0 Å². The van der Waals surface area contributed by atoms with Crippen LogP contribution in [0.15, 0.2) is 41.3 Å². The van der Waals surface area contributed by atoms with E-state index < -0.39 is 55.6 Å². The summed E-state index contributed by atoms with van der Waals surface area (Å²) in [7, 11) is -7.62. The second-order valence-corrected chi connectivity index (χ2v) is 13.0. The molecule has 0 saturated carbocycles. The van der Waals surface area contributed by atoms with Crippen molar-refractivity contribution in [2.45, 2.75) is 57.5 Å². The summed E-state index contributed by atoms with van der Waals surface area (Å²) < 4.78 is 69.2. The number of pyridine rings is 1. The van der Waals surface area contributed by atoms with Gasteiger partial charge in [0.25, 0.3) is 25.8 Å². The Bertz CT molecular complexity index is 1560. The molecule has 0 aliphatic carbocycles. The summed E-state index contributed by atoms with van der Waals surface area (Å²) in [5.74, 6) is -0.184. The average molecular weight is 583 g/mol. The lowest BCUT2D eigenvalue weighted by molar-refractivity contribution is -0.163. The molecular weight excluding hydrogens is 552 g/mol. The van der Waals surface area contributed by atoms with Crippen LogP contribution in [0.2, 0.25) is 0 Å². The molecule has 0 amide bonds. The minimum Gasteiger partial charge on any atom is -0.484 e. The number of hydrogen-bond donors (Lipinski definition) is 0. The number of esters is 1. The van der Waals surface area contributed by atoms with Crippen LogP contribution in [0.5, 0.6) is 5.75 Å². The SMILES string of the molecule is CC(=O)OC1C(n2ccc(C(CCCOS(C)(=O)=O)OS(C)(=O)=O)cc2=O)c2cc(C#N)ccc2OC1(C)C. The Morgan fingerprint density at radius 1 is 1.15 bits per heavy atom. The van der Waals surface area contributed by atoms with Crippen molar-refractivity contribution >= 4 is 26.2 Å². The maximum Gasteiger partial charge on any atom is 0.303 e. The van der Waals surface area contributed by atoms with Crippen LogP contribution in [-0.2, 0) is 38.1 Å². The molecule has 1 aliphatic heterocycles. The zero-order valence-electron chi connectivity index (χ0n) is 22.1. The van der Waals surface area contributed by atoms with Crippen LogP contribution in [0.1, 0.15) is 62.4 Å². The lowest BCUT2D eigenvalue weighted by Gasteiger charge is -2.44. The van der Waals surface area contributed by atoms with Gasteiger partial charge in [-0.25, -0.2) is 0 Å². The molecule has 0 bridgehead atoms. The molecule has 1 aliphatic rings. The van der Waals surface area contributed by atoms with Crippen molar-refractivity contribution in [3.8, 4) is 11.8 Å². The highest BCUT2D eigenvalue weighted by atomic mass is 32.2. The van der Waals surface area contributed by atoms with Crippen LogP contribution in [-0.4, -0.2) is 58.2 Å². The van der Waals surface area contributed by atoms with E-state index in [1.54, 1.807) is 32.0 Å². The van der Waals surface area contributed by atoms with E-state index in [2.05, 4.69) is 0 Å². The molecule has 0 saturated heterocycles. The monoisotopic (exact) mass is 582 g/mol. The van der Waals surface area contributed by atoms with Crippen molar-refractivity contribution < 1.29 is 39.5 Å². The van der Waals surface area contributed by atoms with E-state index in [1.807, 2.05) is 6.07 Å². The van der Waals surface area contributed by atoms with Crippen molar-refractivity contribution in [1.29, 1.82) is 5.26 Å². The normalized spacial score (nSPS) is 19.3. The zero-order valence-corrected chi connectivity index (χ0v) is 23.7. The molecule has 0 N–H and O–H groups in total. The maximum absolute atomic E-state index is 13.5. The van der Waals surface area contributed by atoms with Gasteiger partial charge in [0.2, 0.25) is 0 Å². The van der Waals surface area contributed by atoms with E-state index in [0.717, 1.165) is 12.5 Å². The Labute approximate surface area is 227 Å². The first kappa shape index (κ1) is 30.3.